The maximum Gasteiger partial charge on any atom is 0.257 e. The third kappa shape index (κ3) is 6.13. The number of anilines is 1. The number of likely N-dealkylation sites (N-methyl/N-ethyl adjacent to an activating group) is 1. The molecule has 3 atom stereocenters. The van der Waals surface area contributed by atoms with Crippen molar-refractivity contribution in [2.45, 2.75) is 26.0 Å². The molecule has 2 aliphatic heterocycles. The Labute approximate surface area is 222 Å². The minimum atomic E-state index is -3.55. The number of nitrogens with one attached hydrogen (secondary N) is 1. The number of hydrogen-bond acceptors (Lipinski definition) is 8. The van der Waals surface area contributed by atoms with Crippen LogP contribution in [0.2, 0.25) is 0 Å². The van der Waals surface area contributed by atoms with Crippen LogP contribution < -0.4 is 18.9 Å². The average Bonchev–Trinajstić information content (AvgIpc) is 3.34. The van der Waals surface area contributed by atoms with Crippen LogP contribution in [0.25, 0.3) is 0 Å². The first-order valence-corrected chi connectivity index (χ1v) is 14.1. The smallest absolute Gasteiger partial charge is 0.257 e. The number of methoxy groups -OCH3 is 1. The molecule has 206 valence electrons. The number of amides is 2. The number of hydrogen-bond donors (Lipinski definition) is 1. The molecule has 2 aromatic rings. The summed E-state index contributed by atoms with van der Waals surface area (Å²) in [5, 5.41) is 0. The highest BCUT2D eigenvalue weighted by molar-refractivity contribution is 7.92. The molecule has 0 radical (unpaired) electrons. The summed E-state index contributed by atoms with van der Waals surface area (Å²) in [6.45, 7) is 4.67. The minimum Gasteiger partial charge on any atom is -0.491 e. The fourth-order valence-corrected chi connectivity index (χ4v) is 5.09. The zero-order chi connectivity index (χ0) is 27.6. The van der Waals surface area contributed by atoms with Gasteiger partial charge in [-0.3, -0.25) is 14.3 Å². The van der Waals surface area contributed by atoms with E-state index in [1.54, 1.807) is 43.3 Å². The standard InChI is InChI=1S/C26H33N3O8S/c1-16-12-29(25(30)18-6-8-22-23(10-18)37-15-36-22)17(2)14-35-21-9-7-19(27-38(5,32)33)11-20(21)26(31)28(3)13-24(16)34-4/h6-11,16-17,24,27H,12-15H2,1-5H3/t16-,17-,24+/m1/s1. The summed E-state index contributed by atoms with van der Waals surface area (Å²) in [6, 6.07) is 9.25. The van der Waals surface area contributed by atoms with E-state index in [4.69, 9.17) is 18.9 Å². The lowest BCUT2D eigenvalue weighted by molar-refractivity contribution is 0.0111. The van der Waals surface area contributed by atoms with Crippen molar-refractivity contribution >= 4 is 27.5 Å². The van der Waals surface area contributed by atoms with Crippen LogP contribution in [0.3, 0.4) is 0 Å². The van der Waals surface area contributed by atoms with Crippen molar-refractivity contribution in [3.05, 3.63) is 47.5 Å². The first kappa shape index (κ1) is 27.5. The van der Waals surface area contributed by atoms with Gasteiger partial charge in [0.05, 0.1) is 24.0 Å². The molecule has 1 N–H and O–H groups in total. The number of nitrogens with zero attached hydrogens (tertiary/aromatic N) is 2. The molecule has 0 aromatic heterocycles. The molecule has 0 bridgehead atoms. The number of fused-ring (bicyclic) bond motifs is 2. The van der Waals surface area contributed by atoms with Gasteiger partial charge < -0.3 is 28.7 Å². The van der Waals surface area contributed by atoms with Gasteiger partial charge in [-0.15, -0.1) is 0 Å². The topological polar surface area (TPSA) is 124 Å². The van der Waals surface area contributed by atoms with Crippen molar-refractivity contribution in [1.29, 1.82) is 0 Å². The number of sulfonamides is 1. The quantitative estimate of drug-likeness (QED) is 0.619. The molecule has 0 saturated carbocycles. The van der Waals surface area contributed by atoms with E-state index >= 15 is 0 Å². The van der Waals surface area contributed by atoms with Crippen LogP contribution in [0.15, 0.2) is 36.4 Å². The fraction of sp³-hybridized carbons (Fsp3) is 0.462. The lowest BCUT2D eigenvalue weighted by Crippen LogP contribution is -2.48. The summed E-state index contributed by atoms with van der Waals surface area (Å²) < 4.78 is 48.5. The van der Waals surface area contributed by atoms with Crippen LogP contribution in [-0.2, 0) is 14.8 Å². The molecule has 0 spiro atoms. The molecule has 0 saturated heterocycles. The molecular weight excluding hydrogens is 514 g/mol. The van der Waals surface area contributed by atoms with Crippen molar-refractivity contribution < 1.29 is 37.0 Å². The van der Waals surface area contributed by atoms with Crippen molar-refractivity contribution in [1.82, 2.24) is 9.80 Å². The molecule has 2 heterocycles. The Hall–Kier alpha value is -3.51. The van der Waals surface area contributed by atoms with Crippen LogP contribution in [-0.4, -0.2) is 89.1 Å². The van der Waals surface area contributed by atoms with Gasteiger partial charge in [0.2, 0.25) is 16.8 Å². The van der Waals surface area contributed by atoms with Gasteiger partial charge in [-0.1, -0.05) is 6.92 Å². The van der Waals surface area contributed by atoms with E-state index in [-0.39, 0.29) is 66.8 Å². The summed E-state index contributed by atoms with van der Waals surface area (Å²) in [5.74, 6) is 0.722. The zero-order valence-corrected chi connectivity index (χ0v) is 22.9. The molecule has 11 nitrogen and oxygen atoms in total. The van der Waals surface area contributed by atoms with Gasteiger partial charge in [0.25, 0.3) is 11.8 Å². The Morgan fingerprint density at radius 2 is 1.74 bits per heavy atom. The normalized spacial score (nSPS) is 22.1. The van der Waals surface area contributed by atoms with Gasteiger partial charge in [0, 0.05) is 44.4 Å². The summed E-state index contributed by atoms with van der Waals surface area (Å²) in [4.78, 5) is 30.3. The van der Waals surface area contributed by atoms with Crippen molar-refractivity contribution in [2.24, 2.45) is 5.92 Å². The van der Waals surface area contributed by atoms with Crippen molar-refractivity contribution in [3.63, 3.8) is 0 Å². The number of benzene rings is 2. The Morgan fingerprint density at radius 1 is 1.03 bits per heavy atom. The Balaban J connectivity index is 1.68. The van der Waals surface area contributed by atoms with Crippen LogP contribution in [0.5, 0.6) is 17.2 Å². The molecule has 2 amide bonds. The van der Waals surface area contributed by atoms with Gasteiger partial charge in [0.15, 0.2) is 11.5 Å². The summed E-state index contributed by atoms with van der Waals surface area (Å²) in [5.41, 5.74) is 0.900. The van der Waals surface area contributed by atoms with E-state index in [9.17, 15) is 18.0 Å². The van der Waals surface area contributed by atoms with Crippen LogP contribution in [0, 0.1) is 5.92 Å². The second-order valence-electron chi connectivity index (χ2n) is 9.71. The molecule has 2 aromatic carbocycles. The first-order valence-electron chi connectivity index (χ1n) is 12.2. The molecule has 38 heavy (non-hydrogen) atoms. The zero-order valence-electron chi connectivity index (χ0n) is 22.1. The Morgan fingerprint density at radius 3 is 2.45 bits per heavy atom. The SMILES string of the molecule is CO[C@H]1CN(C)C(=O)c2cc(NS(C)(=O)=O)ccc2OC[C@@H](C)N(C(=O)c2ccc3c(c2)OCO3)C[C@H]1C. The minimum absolute atomic E-state index is 0.101. The highest BCUT2D eigenvalue weighted by Gasteiger charge is 2.31. The predicted octanol–water partition coefficient (Wildman–Crippen LogP) is 2.43. The number of ether oxygens (including phenoxy) is 4. The monoisotopic (exact) mass is 547 g/mol. The molecule has 12 heteroatoms. The summed E-state index contributed by atoms with van der Waals surface area (Å²) >= 11 is 0. The molecular formula is C26H33N3O8S. The van der Waals surface area contributed by atoms with E-state index in [1.165, 1.54) is 17.0 Å². The lowest BCUT2D eigenvalue weighted by Gasteiger charge is -2.36. The molecule has 2 aliphatic rings. The molecule has 4 rings (SSSR count). The maximum absolute atomic E-state index is 13.7. The lowest BCUT2D eigenvalue weighted by atomic mass is 10.0. The van der Waals surface area contributed by atoms with Gasteiger partial charge in [-0.05, 0) is 43.3 Å². The van der Waals surface area contributed by atoms with Crippen LogP contribution in [0.1, 0.15) is 34.6 Å². The van der Waals surface area contributed by atoms with E-state index in [0.717, 1.165) is 6.26 Å². The molecule has 0 unspecified atom stereocenters. The number of rotatable bonds is 4. The predicted molar refractivity (Wildman–Crippen MR) is 140 cm³/mol. The van der Waals surface area contributed by atoms with E-state index < -0.39 is 10.0 Å². The Kier molecular flexibility index (Phi) is 8.02. The molecule has 0 fully saturated rings. The van der Waals surface area contributed by atoms with Crippen LogP contribution in [0.4, 0.5) is 5.69 Å². The van der Waals surface area contributed by atoms with E-state index in [1.807, 2.05) is 13.8 Å². The third-order valence-electron chi connectivity index (χ3n) is 6.63. The Bertz CT molecular complexity index is 1320. The van der Waals surface area contributed by atoms with Crippen molar-refractivity contribution in [3.8, 4) is 17.2 Å². The van der Waals surface area contributed by atoms with Gasteiger partial charge >= 0.3 is 0 Å². The van der Waals surface area contributed by atoms with Gasteiger partial charge in [-0.25, -0.2) is 8.42 Å². The van der Waals surface area contributed by atoms with E-state index in [2.05, 4.69) is 4.72 Å². The highest BCUT2D eigenvalue weighted by atomic mass is 32.2. The van der Waals surface area contributed by atoms with Gasteiger partial charge in [-0.2, -0.15) is 0 Å². The highest BCUT2D eigenvalue weighted by Crippen LogP contribution is 2.33. The second-order valence-corrected chi connectivity index (χ2v) is 11.5. The second kappa shape index (κ2) is 11.1. The average molecular weight is 548 g/mol. The van der Waals surface area contributed by atoms with E-state index in [0.29, 0.717) is 23.6 Å². The van der Waals surface area contributed by atoms with Crippen LogP contribution >= 0.6 is 0 Å². The summed E-state index contributed by atoms with van der Waals surface area (Å²) in [6.07, 6.45) is 0.666. The fourth-order valence-electron chi connectivity index (χ4n) is 4.53. The summed E-state index contributed by atoms with van der Waals surface area (Å²) in [7, 11) is -0.330. The third-order valence-corrected chi connectivity index (χ3v) is 7.23. The number of carbonyl (C=O) groups is 2. The van der Waals surface area contributed by atoms with Gasteiger partial charge in [0.1, 0.15) is 12.4 Å². The number of carbonyl (C=O) groups excluding carboxylic acids is 2. The largest absolute Gasteiger partial charge is 0.491 e. The first-order chi connectivity index (χ1) is 18.0. The maximum atomic E-state index is 13.7. The molecule has 0 aliphatic carbocycles. The van der Waals surface area contributed by atoms with Crippen molar-refractivity contribution in [2.75, 3.05) is 51.6 Å².